The summed E-state index contributed by atoms with van der Waals surface area (Å²) in [4.78, 5) is 20.7. The van der Waals surface area contributed by atoms with E-state index in [-0.39, 0.29) is 29.9 Å². The largest absolute Gasteiger partial charge is 0.459 e. The minimum Gasteiger partial charge on any atom is -0.459 e. The average molecular weight is 521 g/mol. The number of nitrogens with one attached hydrogen (secondary N) is 1. The molecule has 1 saturated heterocycles. The Labute approximate surface area is 191 Å². The number of furan rings is 1. The Kier molecular flexibility index (Phi) is 7.50. The van der Waals surface area contributed by atoms with Gasteiger partial charge >= 0.3 is 0 Å². The maximum Gasteiger partial charge on any atom is 0.289 e. The van der Waals surface area contributed by atoms with Crippen molar-refractivity contribution in [3.63, 3.8) is 0 Å². The van der Waals surface area contributed by atoms with E-state index in [0.717, 1.165) is 23.0 Å². The molecule has 1 aliphatic heterocycles. The highest BCUT2D eigenvalue weighted by atomic mass is 127. The first-order valence-electron chi connectivity index (χ1n) is 9.54. The lowest BCUT2D eigenvalue weighted by Crippen LogP contribution is -2.53. The number of carbonyl (C=O) groups is 1. The Morgan fingerprint density at radius 3 is 2.50 bits per heavy atom. The number of amides is 1. The van der Waals surface area contributed by atoms with Crippen molar-refractivity contribution in [3.8, 4) is 11.3 Å². The van der Waals surface area contributed by atoms with Gasteiger partial charge in [0.25, 0.3) is 5.91 Å². The van der Waals surface area contributed by atoms with E-state index >= 15 is 0 Å². The van der Waals surface area contributed by atoms with Crippen molar-refractivity contribution in [1.29, 1.82) is 0 Å². The van der Waals surface area contributed by atoms with Gasteiger partial charge in [-0.15, -0.1) is 24.0 Å². The molecule has 158 valence electrons. The normalized spacial score (nSPS) is 14.4. The first-order chi connectivity index (χ1) is 14.2. The Balaban J connectivity index is 0.00000256. The third-order valence-corrected chi connectivity index (χ3v) is 4.86. The van der Waals surface area contributed by atoms with E-state index in [4.69, 9.17) is 8.94 Å². The first-order valence-corrected chi connectivity index (χ1v) is 9.54. The van der Waals surface area contributed by atoms with Crippen LogP contribution in [0.15, 0.2) is 68.7 Å². The van der Waals surface area contributed by atoms with E-state index in [0.29, 0.717) is 38.5 Å². The van der Waals surface area contributed by atoms with Crippen molar-refractivity contribution >= 4 is 35.8 Å². The summed E-state index contributed by atoms with van der Waals surface area (Å²) in [5.41, 5.74) is 1.83. The van der Waals surface area contributed by atoms with Crippen molar-refractivity contribution in [2.45, 2.75) is 6.54 Å². The summed E-state index contributed by atoms with van der Waals surface area (Å²) in [6, 6.07) is 15.3. The van der Waals surface area contributed by atoms with Gasteiger partial charge in [-0.25, -0.2) is 0 Å². The fraction of sp³-hybridized carbons (Fsp3) is 0.286. The Hall–Kier alpha value is -2.82. The summed E-state index contributed by atoms with van der Waals surface area (Å²) >= 11 is 0. The average Bonchev–Trinajstić information content (AvgIpc) is 3.47. The van der Waals surface area contributed by atoms with Crippen molar-refractivity contribution in [3.05, 3.63) is 66.3 Å². The van der Waals surface area contributed by atoms with Gasteiger partial charge in [0.1, 0.15) is 5.69 Å². The van der Waals surface area contributed by atoms with Crippen molar-refractivity contribution in [1.82, 2.24) is 20.3 Å². The maximum absolute atomic E-state index is 12.4. The van der Waals surface area contributed by atoms with Gasteiger partial charge in [0, 0.05) is 44.9 Å². The minimum atomic E-state index is -0.0762. The van der Waals surface area contributed by atoms with Crippen molar-refractivity contribution in [2.75, 3.05) is 33.2 Å². The van der Waals surface area contributed by atoms with Gasteiger partial charge in [0.2, 0.25) is 0 Å². The third-order valence-electron chi connectivity index (χ3n) is 4.86. The summed E-state index contributed by atoms with van der Waals surface area (Å²) in [6.45, 7) is 3.09. The van der Waals surface area contributed by atoms with Crippen molar-refractivity contribution < 1.29 is 13.7 Å². The molecule has 1 aromatic carbocycles. The van der Waals surface area contributed by atoms with Gasteiger partial charge < -0.3 is 24.1 Å². The van der Waals surface area contributed by atoms with E-state index in [1.165, 1.54) is 6.26 Å². The molecule has 1 N–H and O–H groups in total. The van der Waals surface area contributed by atoms with Crippen LogP contribution < -0.4 is 5.32 Å². The van der Waals surface area contributed by atoms with E-state index in [2.05, 4.69) is 20.4 Å². The summed E-state index contributed by atoms with van der Waals surface area (Å²) in [5, 5.41) is 7.45. The number of benzene rings is 1. The number of aromatic nitrogens is 1. The molecule has 0 radical (unpaired) electrons. The summed E-state index contributed by atoms with van der Waals surface area (Å²) < 4.78 is 10.7. The molecular weight excluding hydrogens is 497 g/mol. The van der Waals surface area contributed by atoms with E-state index in [1.54, 1.807) is 24.1 Å². The number of carbonyl (C=O) groups excluding carboxylic acids is 1. The summed E-state index contributed by atoms with van der Waals surface area (Å²) in [5.74, 6) is 1.80. The SMILES string of the molecule is CN=C(NCc1cc(-c2ccccc2)no1)N1CCN(C(=O)c2ccco2)CC1.I. The molecule has 2 aromatic heterocycles. The zero-order valence-electron chi connectivity index (χ0n) is 16.7. The molecule has 3 heterocycles. The molecule has 1 fully saturated rings. The second-order valence-electron chi connectivity index (χ2n) is 6.70. The highest BCUT2D eigenvalue weighted by Gasteiger charge is 2.25. The van der Waals surface area contributed by atoms with Crippen LogP contribution in [0.25, 0.3) is 11.3 Å². The van der Waals surface area contributed by atoms with Crippen LogP contribution in [-0.4, -0.2) is 60.0 Å². The molecule has 0 spiro atoms. The summed E-state index contributed by atoms with van der Waals surface area (Å²) in [7, 11) is 1.75. The molecule has 4 rings (SSSR count). The number of aliphatic imine (C=N–C) groups is 1. The second kappa shape index (κ2) is 10.3. The van der Waals surface area contributed by atoms with E-state index < -0.39 is 0 Å². The summed E-state index contributed by atoms with van der Waals surface area (Å²) in [6.07, 6.45) is 1.52. The predicted octanol–water partition coefficient (Wildman–Crippen LogP) is 3.09. The lowest BCUT2D eigenvalue weighted by Gasteiger charge is -2.36. The second-order valence-corrected chi connectivity index (χ2v) is 6.70. The van der Waals surface area contributed by atoms with Gasteiger partial charge in [0.05, 0.1) is 12.8 Å². The number of hydrogen-bond acceptors (Lipinski definition) is 5. The fourth-order valence-corrected chi connectivity index (χ4v) is 3.32. The number of halogens is 1. The number of nitrogens with zero attached hydrogens (tertiary/aromatic N) is 4. The number of guanidine groups is 1. The van der Waals surface area contributed by atoms with Crippen LogP contribution in [0.1, 0.15) is 16.3 Å². The fourth-order valence-electron chi connectivity index (χ4n) is 3.32. The molecule has 9 heteroatoms. The van der Waals surface area contributed by atoms with Crippen LogP contribution in [0.4, 0.5) is 0 Å². The monoisotopic (exact) mass is 521 g/mol. The van der Waals surface area contributed by atoms with Crippen LogP contribution >= 0.6 is 24.0 Å². The van der Waals surface area contributed by atoms with Gasteiger partial charge in [-0.3, -0.25) is 9.79 Å². The number of hydrogen-bond donors (Lipinski definition) is 1. The smallest absolute Gasteiger partial charge is 0.289 e. The van der Waals surface area contributed by atoms with Gasteiger partial charge in [-0.1, -0.05) is 35.5 Å². The van der Waals surface area contributed by atoms with Crippen LogP contribution in [0, 0.1) is 0 Å². The molecule has 0 saturated carbocycles. The highest BCUT2D eigenvalue weighted by Crippen LogP contribution is 2.18. The minimum absolute atomic E-state index is 0. The zero-order chi connectivity index (χ0) is 20.1. The van der Waals surface area contributed by atoms with Crippen LogP contribution in [0.5, 0.6) is 0 Å². The molecule has 1 aliphatic rings. The molecule has 30 heavy (non-hydrogen) atoms. The Bertz CT molecular complexity index is 964. The molecule has 3 aromatic rings. The van der Waals surface area contributed by atoms with Gasteiger partial charge in [-0.2, -0.15) is 0 Å². The first kappa shape index (κ1) is 21.9. The quantitative estimate of drug-likeness (QED) is 0.323. The van der Waals surface area contributed by atoms with Crippen LogP contribution in [-0.2, 0) is 6.54 Å². The lowest BCUT2D eigenvalue weighted by atomic mass is 10.1. The van der Waals surface area contributed by atoms with E-state index in [9.17, 15) is 4.79 Å². The predicted molar refractivity (Wildman–Crippen MR) is 124 cm³/mol. The van der Waals surface area contributed by atoms with Gasteiger partial charge in [0.15, 0.2) is 17.5 Å². The number of rotatable bonds is 4. The zero-order valence-corrected chi connectivity index (χ0v) is 19.0. The van der Waals surface area contributed by atoms with E-state index in [1.807, 2.05) is 36.4 Å². The van der Waals surface area contributed by atoms with Crippen LogP contribution in [0.3, 0.4) is 0 Å². The molecule has 8 nitrogen and oxygen atoms in total. The van der Waals surface area contributed by atoms with Crippen LogP contribution in [0.2, 0.25) is 0 Å². The molecule has 0 unspecified atom stereocenters. The molecule has 0 atom stereocenters. The van der Waals surface area contributed by atoms with Gasteiger partial charge in [-0.05, 0) is 12.1 Å². The molecular formula is C21H24IN5O3. The third kappa shape index (κ3) is 5.02. The number of piperazine rings is 1. The Morgan fingerprint density at radius 2 is 1.83 bits per heavy atom. The molecule has 0 bridgehead atoms. The molecule has 0 aliphatic carbocycles. The lowest BCUT2D eigenvalue weighted by molar-refractivity contribution is 0.0657. The highest BCUT2D eigenvalue weighted by molar-refractivity contribution is 14.0. The maximum atomic E-state index is 12.4. The standard InChI is InChI=1S/C21H23N5O3.HI/c1-22-21(23-15-17-14-18(24-29-17)16-6-3-2-4-7-16)26-11-9-25(10-12-26)20(27)19-8-5-13-28-19;/h2-8,13-14H,9-12,15H2,1H3,(H,22,23);1H. The Morgan fingerprint density at radius 1 is 1.10 bits per heavy atom. The molecule has 1 amide bonds. The van der Waals surface area contributed by atoms with Crippen molar-refractivity contribution in [2.24, 2.45) is 4.99 Å². The topological polar surface area (TPSA) is 87.1 Å².